The summed E-state index contributed by atoms with van der Waals surface area (Å²) in [6.45, 7) is 7.06. The van der Waals surface area contributed by atoms with Gasteiger partial charge in [-0.05, 0) is 38.2 Å². The highest BCUT2D eigenvalue weighted by molar-refractivity contribution is 5.96. The van der Waals surface area contributed by atoms with E-state index in [0.29, 0.717) is 23.2 Å². The maximum absolute atomic E-state index is 12.6. The van der Waals surface area contributed by atoms with E-state index in [-0.39, 0.29) is 5.91 Å². The molecule has 0 radical (unpaired) electrons. The van der Waals surface area contributed by atoms with Gasteiger partial charge in [0.1, 0.15) is 0 Å². The third kappa shape index (κ3) is 3.46. The highest BCUT2D eigenvalue weighted by Crippen LogP contribution is 2.29. The lowest BCUT2D eigenvalue weighted by molar-refractivity contribution is 0.0734. The van der Waals surface area contributed by atoms with Crippen molar-refractivity contribution in [3.63, 3.8) is 0 Å². The zero-order valence-corrected chi connectivity index (χ0v) is 12.0. The molecule has 2 N–H and O–H groups in total. The quantitative estimate of drug-likeness (QED) is 0.886. The number of aryl methyl sites for hydroxylation is 1. The number of pyridine rings is 1. The molecule has 1 heterocycles. The first kappa shape index (κ1) is 13.8. The molecule has 0 atom stereocenters. The van der Waals surface area contributed by atoms with Crippen molar-refractivity contribution in [3.05, 3.63) is 23.5 Å². The van der Waals surface area contributed by atoms with Crippen LogP contribution >= 0.6 is 0 Å². The van der Waals surface area contributed by atoms with Crippen molar-refractivity contribution in [1.82, 2.24) is 9.88 Å². The number of nitrogens with two attached hydrogens (primary N) is 1. The monoisotopic (exact) mass is 261 g/mol. The average Bonchev–Trinajstić information content (AvgIpc) is 3.16. The van der Waals surface area contributed by atoms with Crippen LogP contribution in [-0.4, -0.2) is 28.4 Å². The summed E-state index contributed by atoms with van der Waals surface area (Å²) in [5, 5.41) is 0. The first-order chi connectivity index (χ1) is 8.99. The number of anilines is 1. The number of hydrogen-bond acceptors (Lipinski definition) is 3. The fourth-order valence-electron chi connectivity index (χ4n) is 2.15. The van der Waals surface area contributed by atoms with Crippen LogP contribution in [0.4, 0.5) is 5.69 Å². The summed E-state index contributed by atoms with van der Waals surface area (Å²) in [6.07, 6.45) is 4.88. The second-order valence-corrected chi connectivity index (χ2v) is 5.81. The van der Waals surface area contributed by atoms with E-state index in [1.807, 2.05) is 11.8 Å². The van der Waals surface area contributed by atoms with Crippen LogP contribution in [0.25, 0.3) is 0 Å². The maximum atomic E-state index is 12.6. The van der Waals surface area contributed by atoms with Crippen molar-refractivity contribution in [3.8, 4) is 0 Å². The van der Waals surface area contributed by atoms with Crippen LogP contribution in [0.2, 0.25) is 0 Å². The Kier molecular flexibility index (Phi) is 4.08. The molecule has 1 aromatic rings. The van der Waals surface area contributed by atoms with E-state index in [4.69, 9.17) is 5.73 Å². The highest BCUT2D eigenvalue weighted by atomic mass is 16.2. The molecule has 0 saturated heterocycles. The molecule has 1 aliphatic rings. The van der Waals surface area contributed by atoms with E-state index in [0.717, 1.165) is 31.5 Å². The predicted octanol–water partition coefficient (Wildman–Crippen LogP) is 2.62. The molecule has 0 aromatic carbocycles. The lowest BCUT2D eigenvalue weighted by Gasteiger charge is -2.24. The van der Waals surface area contributed by atoms with E-state index in [9.17, 15) is 4.79 Å². The number of aromatic nitrogens is 1. The van der Waals surface area contributed by atoms with Gasteiger partial charge in [-0.25, -0.2) is 0 Å². The third-order valence-electron chi connectivity index (χ3n) is 3.53. The zero-order valence-electron chi connectivity index (χ0n) is 12.0. The number of hydrogen-bond donors (Lipinski definition) is 1. The minimum atomic E-state index is 0.0838. The van der Waals surface area contributed by atoms with Crippen LogP contribution in [0.3, 0.4) is 0 Å². The molecule has 0 spiro atoms. The molecule has 1 aromatic heterocycles. The Morgan fingerprint density at radius 3 is 2.79 bits per heavy atom. The average molecular weight is 261 g/mol. The van der Waals surface area contributed by atoms with Crippen LogP contribution in [0.5, 0.6) is 0 Å². The van der Waals surface area contributed by atoms with Crippen molar-refractivity contribution >= 4 is 11.6 Å². The smallest absolute Gasteiger partial charge is 0.256 e. The topological polar surface area (TPSA) is 59.2 Å². The second-order valence-electron chi connectivity index (χ2n) is 5.81. The number of amides is 1. The molecule has 0 aliphatic heterocycles. The van der Waals surface area contributed by atoms with Crippen LogP contribution < -0.4 is 5.73 Å². The minimum absolute atomic E-state index is 0.0838. The lowest BCUT2D eigenvalue weighted by atomic mass is 10.1. The van der Waals surface area contributed by atoms with Gasteiger partial charge in [-0.2, -0.15) is 0 Å². The van der Waals surface area contributed by atoms with Gasteiger partial charge >= 0.3 is 0 Å². The van der Waals surface area contributed by atoms with Crippen molar-refractivity contribution in [2.24, 2.45) is 5.92 Å². The standard InChI is InChI=1S/C15H23N3O/c1-10(2)6-7-18(13-4-5-13)15(19)14-8-12(16)9-17-11(14)3/h8-10,13H,4-7,16H2,1-3H3. The van der Waals surface area contributed by atoms with E-state index < -0.39 is 0 Å². The number of carbonyl (C=O) groups is 1. The van der Waals surface area contributed by atoms with Gasteiger partial charge in [0.25, 0.3) is 5.91 Å². The van der Waals surface area contributed by atoms with E-state index in [1.165, 1.54) is 0 Å². The van der Waals surface area contributed by atoms with Crippen LogP contribution in [0, 0.1) is 12.8 Å². The zero-order chi connectivity index (χ0) is 14.0. The summed E-state index contributed by atoms with van der Waals surface area (Å²) in [5.41, 5.74) is 7.70. The summed E-state index contributed by atoms with van der Waals surface area (Å²) in [7, 11) is 0. The molecule has 0 bridgehead atoms. The molecule has 4 nitrogen and oxygen atoms in total. The van der Waals surface area contributed by atoms with Crippen molar-refractivity contribution in [2.45, 2.75) is 46.1 Å². The number of nitrogens with zero attached hydrogens (tertiary/aromatic N) is 2. The van der Waals surface area contributed by atoms with Crippen LogP contribution in [0.15, 0.2) is 12.3 Å². The molecule has 104 valence electrons. The van der Waals surface area contributed by atoms with E-state index in [2.05, 4.69) is 18.8 Å². The normalized spacial score (nSPS) is 14.7. The summed E-state index contributed by atoms with van der Waals surface area (Å²) < 4.78 is 0. The number of rotatable bonds is 5. The van der Waals surface area contributed by atoms with Gasteiger partial charge in [0, 0.05) is 12.6 Å². The minimum Gasteiger partial charge on any atom is -0.397 e. The predicted molar refractivity (Wildman–Crippen MR) is 76.9 cm³/mol. The molecule has 1 saturated carbocycles. The Hall–Kier alpha value is -1.58. The molecule has 1 aliphatic carbocycles. The fourth-order valence-corrected chi connectivity index (χ4v) is 2.15. The summed E-state index contributed by atoms with van der Waals surface area (Å²) in [6, 6.07) is 2.17. The largest absolute Gasteiger partial charge is 0.397 e. The Labute approximate surface area is 115 Å². The van der Waals surface area contributed by atoms with Gasteiger partial charge in [0.15, 0.2) is 0 Å². The molecular formula is C15H23N3O. The van der Waals surface area contributed by atoms with Gasteiger partial charge in [-0.15, -0.1) is 0 Å². The Morgan fingerprint density at radius 1 is 1.53 bits per heavy atom. The summed E-state index contributed by atoms with van der Waals surface area (Å²) in [5.74, 6) is 0.689. The Morgan fingerprint density at radius 2 is 2.21 bits per heavy atom. The third-order valence-corrected chi connectivity index (χ3v) is 3.53. The highest BCUT2D eigenvalue weighted by Gasteiger charge is 2.33. The first-order valence-corrected chi connectivity index (χ1v) is 7.02. The molecule has 2 rings (SSSR count). The summed E-state index contributed by atoms with van der Waals surface area (Å²) in [4.78, 5) is 18.8. The van der Waals surface area contributed by atoms with E-state index in [1.54, 1.807) is 12.3 Å². The van der Waals surface area contributed by atoms with Crippen molar-refractivity contribution in [2.75, 3.05) is 12.3 Å². The lowest BCUT2D eigenvalue weighted by Crippen LogP contribution is -2.35. The molecular weight excluding hydrogens is 238 g/mol. The summed E-state index contributed by atoms with van der Waals surface area (Å²) >= 11 is 0. The second kappa shape index (κ2) is 5.59. The van der Waals surface area contributed by atoms with Gasteiger partial charge in [0.05, 0.1) is 23.1 Å². The van der Waals surface area contributed by atoms with Gasteiger partial charge in [0.2, 0.25) is 0 Å². The van der Waals surface area contributed by atoms with Crippen molar-refractivity contribution < 1.29 is 4.79 Å². The molecule has 0 unspecified atom stereocenters. The first-order valence-electron chi connectivity index (χ1n) is 7.02. The van der Waals surface area contributed by atoms with E-state index >= 15 is 0 Å². The Balaban J connectivity index is 2.16. The molecule has 1 amide bonds. The van der Waals surface area contributed by atoms with Gasteiger partial charge in [-0.3, -0.25) is 9.78 Å². The fraction of sp³-hybridized carbons (Fsp3) is 0.600. The number of carbonyl (C=O) groups excluding carboxylic acids is 1. The molecule has 4 heteroatoms. The number of nitrogen functional groups attached to an aromatic ring is 1. The van der Waals surface area contributed by atoms with Crippen LogP contribution in [-0.2, 0) is 0 Å². The maximum Gasteiger partial charge on any atom is 0.256 e. The van der Waals surface area contributed by atoms with Crippen molar-refractivity contribution in [1.29, 1.82) is 0 Å². The van der Waals surface area contributed by atoms with Gasteiger partial charge in [-0.1, -0.05) is 13.8 Å². The SMILES string of the molecule is Cc1ncc(N)cc1C(=O)N(CCC(C)C)C1CC1. The molecule has 1 fully saturated rings. The Bertz CT molecular complexity index is 466. The van der Waals surface area contributed by atoms with Gasteiger partial charge < -0.3 is 10.6 Å². The van der Waals surface area contributed by atoms with Crippen LogP contribution in [0.1, 0.15) is 49.2 Å². The molecule has 19 heavy (non-hydrogen) atoms.